The molecule has 68 valence electrons. The van der Waals surface area contributed by atoms with Crippen LogP contribution in [0.15, 0.2) is 0 Å². The Balaban J connectivity index is 0. The molecule has 0 aromatic heterocycles. The zero-order valence-corrected chi connectivity index (χ0v) is 9.55. The Morgan fingerprint density at radius 2 is 1.42 bits per heavy atom. The Labute approximate surface area is 88.9 Å². The average molecular weight is 184 g/mol. The second-order valence-electron chi connectivity index (χ2n) is 1.96. The quantitative estimate of drug-likeness (QED) is 0.450. The third-order valence-corrected chi connectivity index (χ3v) is 2.44. The number of hydrogen-bond donors (Lipinski definition) is 0. The van der Waals surface area contributed by atoms with E-state index >= 15 is 0 Å². The van der Waals surface area contributed by atoms with Crippen LogP contribution >= 0.6 is 0 Å². The summed E-state index contributed by atoms with van der Waals surface area (Å²) in [5.41, 5.74) is 0. The van der Waals surface area contributed by atoms with Gasteiger partial charge in [0.15, 0.2) is 0 Å². The fraction of sp³-hybridized carbons (Fsp3) is 1.00. The first-order valence-electron chi connectivity index (χ1n) is 4.10. The molecule has 0 spiro atoms. The summed E-state index contributed by atoms with van der Waals surface area (Å²) >= 11 is 0. The average Bonchev–Trinajstić information content (AvgIpc) is 2.01. The van der Waals surface area contributed by atoms with Gasteiger partial charge in [-0.25, -0.2) is 0 Å². The van der Waals surface area contributed by atoms with Crippen molar-refractivity contribution >= 4 is 9.53 Å². The van der Waals surface area contributed by atoms with Gasteiger partial charge in [0.1, 0.15) is 0 Å². The smallest absolute Gasteiger partial charge is 0.542 e. The van der Waals surface area contributed by atoms with Crippen molar-refractivity contribution in [2.24, 2.45) is 0 Å². The van der Waals surface area contributed by atoms with Crippen molar-refractivity contribution in [1.82, 2.24) is 0 Å². The van der Waals surface area contributed by atoms with E-state index in [4.69, 9.17) is 13.3 Å². The van der Waals surface area contributed by atoms with Gasteiger partial charge in [-0.2, -0.15) is 0 Å². The zero-order chi connectivity index (χ0) is 8.53. The van der Waals surface area contributed by atoms with E-state index in [-0.39, 0.29) is 18.9 Å². The van der Waals surface area contributed by atoms with Gasteiger partial charge < -0.3 is 13.3 Å². The molecule has 0 amide bonds. The molecule has 0 atom stereocenters. The van der Waals surface area contributed by atoms with E-state index < -0.39 is 9.53 Å². The molecule has 3 nitrogen and oxygen atoms in total. The van der Waals surface area contributed by atoms with Crippen LogP contribution in [0.3, 0.4) is 0 Å². The van der Waals surface area contributed by atoms with Crippen molar-refractivity contribution in [2.75, 3.05) is 19.8 Å². The predicted molar refractivity (Wildman–Crippen MR) is 45.2 cm³/mol. The molecule has 0 saturated carbocycles. The monoisotopic (exact) mass is 184 g/mol. The van der Waals surface area contributed by atoms with E-state index in [1.165, 1.54) is 0 Å². The molecule has 0 aromatic carbocycles. The first-order valence-corrected chi connectivity index (χ1v) is 5.32. The summed E-state index contributed by atoms with van der Waals surface area (Å²) < 4.78 is 15.8. The van der Waals surface area contributed by atoms with Crippen LogP contribution in [-0.4, -0.2) is 29.3 Å². The minimum Gasteiger partial charge on any atom is -0.542 e. The van der Waals surface area contributed by atoms with E-state index in [9.17, 15) is 0 Å². The van der Waals surface area contributed by atoms with Crippen LogP contribution in [0.25, 0.3) is 0 Å². The summed E-state index contributed by atoms with van der Waals surface area (Å²) in [5.74, 6) is 0. The first kappa shape index (κ1) is 15.2. The van der Waals surface area contributed by atoms with Gasteiger partial charge in [0, 0.05) is 19.8 Å². The summed E-state index contributed by atoms with van der Waals surface area (Å²) in [6, 6.07) is 0. The fourth-order valence-electron chi connectivity index (χ4n) is 0.546. The second kappa shape index (κ2) is 11.7. The van der Waals surface area contributed by atoms with Gasteiger partial charge in [-0.1, -0.05) is 6.92 Å². The number of hydrogen-bond acceptors (Lipinski definition) is 3. The SMILES string of the molecule is CCCO[Si-](OCC)OCC.[Li+]. The third-order valence-electron chi connectivity index (χ3n) is 0.948. The Morgan fingerprint density at radius 3 is 1.75 bits per heavy atom. The van der Waals surface area contributed by atoms with Gasteiger partial charge in [0.25, 0.3) is 0 Å². The van der Waals surface area contributed by atoms with Crippen LogP contribution in [-0.2, 0) is 13.3 Å². The topological polar surface area (TPSA) is 27.7 Å². The summed E-state index contributed by atoms with van der Waals surface area (Å²) in [4.78, 5) is 0. The summed E-state index contributed by atoms with van der Waals surface area (Å²) in [6.07, 6.45) is 1.01. The van der Waals surface area contributed by atoms with Gasteiger partial charge in [-0.15, -0.1) is 0 Å². The van der Waals surface area contributed by atoms with Crippen LogP contribution in [0.5, 0.6) is 0 Å². The van der Waals surface area contributed by atoms with E-state index in [1.54, 1.807) is 0 Å². The Bertz CT molecular complexity index is 79.1. The molecular formula is C7H17LiO3Si. The molecule has 5 heteroatoms. The molecule has 0 fully saturated rings. The van der Waals surface area contributed by atoms with E-state index in [2.05, 4.69) is 6.92 Å². The molecule has 0 aliphatic rings. The summed E-state index contributed by atoms with van der Waals surface area (Å²) in [6.45, 7) is 8.01. The van der Waals surface area contributed by atoms with Crippen LogP contribution in [0.1, 0.15) is 27.2 Å². The molecule has 0 aromatic rings. The summed E-state index contributed by atoms with van der Waals surface area (Å²) in [5, 5.41) is 0. The van der Waals surface area contributed by atoms with Gasteiger partial charge in [-0.3, -0.25) is 0 Å². The number of rotatable bonds is 7. The zero-order valence-electron chi connectivity index (χ0n) is 8.55. The van der Waals surface area contributed by atoms with Crippen molar-refractivity contribution in [1.29, 1.82) is 0 Å². The molecule has 0 saturated heterocycles. The van der Waals surface area contributed by atoms with Gasteiger partial charge >= 0.3 is 18.9 Å². The minimum absolute atomic E-state index is 0. The molecule has 0 unspecified atom stereocenters. The van der Waals surface area contributed by atoms with E-state index in [0.29, 0.717) is 13.2 Å². The Hall–Kier alpha value is 0.694. The molecule has 0 aliphatic carbocycles. The second-order valence-corrected chi connectivity index (χ2v) is 3.33. The van der Waals surface area contributed by atoms with Crippen LogP contribution in [0.4, 0.5) is 0 Å². The van der Waals surface area contributed by atoms with Crippen molar-refractivity contribution in [3.05, 3.63) is 0 Å². The first-order chi connectivity index (χ1) is 5.35. The predicted octanol–water partition coefficient (Wildman–Crippen LogP) is -1.53. The van der Waals surface area contributed by atoms with Gasteiger partial charge in [0.2, 0.25) is 9.53 Å². The van der Waals surface area contributed by atoms with E-state index in [1.807, 2.05) is 13.8 Å². The van der Waals surface area contributed by atoms with Crippen LogP contribution in [0.2, 0.25) is 0 Å². The molecule has 0 heterocycles. The van der Waals surface area contributed by atoms with Crippen molar-refractivity contribution in [3.8, 4) is 0 Å². The molecule has 0 N–H and O–H groups in total. The Morgan fingerprint density at radius 1 is 0.917 bits per heavy atom. The van der Waals surface area contributed by atoms with Crippen LogP contribution in [0, 0.1) is 0 Å². The van der Waals surface area contributed by atoms with Crippen LogP contribution < -0.4 is 18.9 Å². The fourth-order valence-corrected chi connectivity index (χ4v) is 1.64. The minimum atomic E-state index is -1.41. The maximum absolute atomic E-state index is 5.33. The van der Waals surface area contributed by atoms with Crippen molar-refractivity contribution in [3.63, 3.8) is 0 Å². The normalized spacial score (nSPS) is 10.0. The molecule has 0 radical (unpaired) electrons. The molecular weight excluding hydrogens is 167 g/mol. The standard InChI is InChI=1S/C7H17O3Si.Li/c1-4-7-10-11(8-5-2)9-6-3;/h4-7H2,1-3H3;/q-1;+1. The maximum atomic E-state index is 5.33. The molecule has 12 heavy (non-hydrogen) atoms. The van der Waals surface area contributed by atoms with Crippen molar-refractivity contribution in [2.45, 2.75) is 27.2 Å². The third kappa shape index (κ3) is 8.79. The molecule has 0 aliphatic heterocycles. The maximum Gasteiger partial charge on any atom is 1.00 e. The van der Waals surface area contributed by atoms with Gasteiger partial charge in [0.05, 0.1) is 0 Å². The molecule has 0 rings (SSSR count). The van der Waals surface area contributed by atoms with E-state index in [0.717, 1.165) is 13.0 Å². The summed E-state index contributed by atoms with van der Waals surface area (Å²) in [7, 11) is -1.41. The largest absolute Gasteiger partial charge is 1.00 e. The van der Waals surface area contributed by atoms with Gasteiger partial charge in [-0.05, 0) is 20.3 Å². The van der Waals surface area contributed by atoms with Crippen molar-refractivity contribution < 1.29 is 32.1 Å². The molecule has 0 bridgehead atoms. The Kier molecular flexibility index (Phi) is 14.8.